The second-order valence-electron chi connectivity index (χ2n) is 3.39. The molecule has 0 aliphatic carbocycles. The molecule has 0 heterocycles. The normalized spacial score (nSPS) is 12.0. The summed E-state index contributed by atoms with van der Waals surface area (Å²) in [5.74, 6) is -0.0469. The lowest BCUT2D eigenvalue weighted by Crippen LogP contribution is -2.35. The highest BCUT2D eigenvalue weighted by molar-refractivity contribution is 6.31. The third kappa shape index (κ3) is 2.86. The van der Waals surface area contributed by atoms with Gasteiger partial charge in [0.15, 0.2) is 0 Å². The van der Waals surface area contributed by atoms with Gasteiger partial charge in [0.1, 0.15) is 6.04 Å². The molecule has 82 valence electrons. The number of anilines is 1. The van der Waals surface area contributed by atoms with E-state index in [9.17, 15) is 4.79 Å². The molecule has 0 saturated heterocycles. The van der Waals surface area contributed by atoms with E-state index in [1.807, 2.05) is 25.1 Å². The summed E-state index contributed by atoms with van der Waals surface area (Å²) >= 11 is 5.97. The average Bonchev–Trinajstić information content (AvgIpc) is 2.23. The van der Waals surface area contributed by atoms with E-state index in [4.69, 9.17) is 11.6 Å². The van der Waals surface area contributed by atoms with E-state index in [0.717, 1.165) is 11.3 Å². The van der Waals surface area contributed by atoms with Crippen LogP contribution in [0.15, 0.2) is 18.2 Å². The van der Waals surface area contributed by atoms with E-state index in [0.29, 0.717) is 5.02 Å². The van der Waals surface area contributed by atoms with E-state index >= 15 is 0 Å². The van der Waals surface area contributed by atoms with Crippen LogP contribution in [-0.4, -0.2) is 19.0 Å². The Morgan fingerprint density at radius 1 is 1.47 bits per heavy atom. The van der Waals surface area contributed by atoms with Crippen molar-refractivity contribution >= 4 is 23.2 Å². The largest absolute Gasteiger partial charge is 0.374 e. The minimum absolute atomic E-state index is 0.0469. The summed E-state index contributed by atoms with van der Waals surface area (Å²) in [7, 11) is 1.62. The van der Waals surface area contributed by atoms with Crippen molar-refractivity contribution in [3.05, 3.63) is 28.8 Å². The number of benzene rings is 1. The van der Waals surface area contributed by atoms with Gasteiger partial charge in [-0.1, -0.05) is 17.7 Å². The standard InChI is InChI=1S/C11H15ClN2O/c1-7-9(12)5-4-6-10(7)14-8(2)11(15)13-3/h4-6,8,14H,1-3H3,(H,13,15)/t8-/m0/s1. The predicted molar refractivity (Wildman–Crippen MR) is 63.3 cm³/mol. The van der Waals surface area contributed by atoms with Gasteiger partial charge in [-0.2, -0.15) is 0 Å². The molecule has 1 rings (SSSR count). The number of hydrogen-bond donors (Lipinski definition) is 2. The maximum absolute atomic E-state index is 11.3. The Labute approximate surface area is 94.8 Å². The van der Waals surface area contributed by atoms with Gasteiger partial charge >= 0.3 is 0 Å². The summed E-state index contributed by atoms with van der Waals surface area (Å²) in [5.41, 5.74) is 1.84. The molecular weight excluding hydrogens is 212 g/mol. The van der Waals surface area contributed by atoms with Gasteiger partial charge in [0, 0.05) is 17.8 Å². The number of halogens is 1. The van der Waals surface area contributed by atoms with Gasteiger partial charge in [-0.15, -0.1) is 0 Å². The Hall–Kier alpha value is -1.22. The average molecular weight is 227 g/mol. The Morgan fingerprint density at radius 2 is 2.13 bits per heavy atom. The highest BCUT2D eigenvalue weighted by Gasteiger charge is 2.11. The lowest BCUT2D eigenvalue weighted by molar-refractivity contribution is -0.121. The molecule has 0 saturated carbocycles. The fraction of sp³-hybridized carbons (Fsp3) is 0.364. The van der Waals surface area contributed by atoms with Crippen LogP contribution in [0.4, 0.5) is 5.69 Å². The molecule has 0 aliphatic heterocycles. The molecule has 0 aromatic heterocycles. The van der Waals surface area contributed by atoms with Crippen LogP contribution < -0.4 is 10.6 Å². The maximum Gasteiger partial charge on any atom is 0.241 e. The van der Waals surface area contributed by atoms with Crippen LogP contribution in [0.2, 0.25) is 5.02 Å². The van der Waals surface area contributed by atoms with Crippen molar-refractivity contribution in [2.75, 3.05) is 12.4 Å². The van der Waals surface area contributed by atoms with Crippen LogP contribution in [0.1, 0.15) is 12.5 Å². The lowest BCUT2D eigenvalue weighted by Gasteiger charge is -2.16. The van der Waals surface area contributed by atoms with Gasteiger partial charge < -0.3 is 10.6 Å². The smallest absolute Gasteiger partial charge is 0.241 e. The van der Waals surface area contributed by atoms with Gasteiger partial charge in [-0.05, 0) is 31.5 Å². The van der Waals surface area contributed by atoms with Crippen LogP contribution in [0.25, 0.3) is 0 Å². The summed E-state index contributed by atoms with van der Waals surface area (Å²) in [6.07, 6.45) is 0. The Balaban J connectivity index is 2.81. The first-order chi connectivity index (χ1) is 7.06. The highest BCUT2D eigenvalue weighted by atomic mass is 35.5. The number of likely N-dealkylation sites (N-methyl/N-ethyl adjacent to an activating group) is 1. The quantitative estimate of drug-likeness (QED) is 0.830. The fourth-order valence-corrected chi connectivity index (χ4v) is 1.45. The first-order valence-electron chi connectivity index (χ1n) is 4.79. The monoisotopic (exact) mass is 226 g/mol. The van der Waals surface area contributed by atoms with E-state index in [1.54, 1.807) is 14.0 Å². The molecular formula is C11H15ClN2O. The molecule has 1 amide bonds. The number of amides is 1. The molecule has 1 aromatic rings. The SMILES string of the molecule is CNC(=O)[C@H](C)Nc1cccc(Cl)c1C. The topological polar surface area (TPSA) is 41.1 Å². The van der Waals surface area contributed by atoms with Crippen molar-refractivity contribution in [2.24, 2.45) is 0 Å². The third-order valence-electron chi connectivity index (χ3n) is 2.28. The first kappa shape index (κ1) is 11.9. The van der Waals surface area contributed by atoms with E-state index < -0.39 is 0 Å². The van der Waals surface area contributed by atoms with E-state index in [1.165, 1.54) is 0 Å². The molecule has 15 heavy (non-hydrogen) atoms. The number of hydrogen-bond acceptors (Lipinski definition) is 2. The molecule has 4 heteroatoms. The zero-order chi connectivity index (χ0) is 11.4. The summed E-state index contributed by atoms with van der Waals surface area (Å²) in [5, 5.41) is 6.39. The Kier molecular flexibility index (Phi) is 3.97. The molecule has 1 atom stereocenters. The van der Waals surface area contributed by atoms with Gasteiger partial charge in [-0.25, -0.2) is 0 Å². The molecule has 0 bridgehead atoms. The molecule has 2 N–H and O–H groups in total. The summed E-state index contributed by atoms with van der Waals surface area (Å²) in [6, 6.07) is 5.31. The van der Waals surface area contributed by atoms with Gasteiger partial charge in [0.25, 0.3) is 0 Å². The molecule has 0 aliphatic rings. The molecule has 0 fully saturated rings. The van der Waals surface area contributed by atoms with Gasteiger partial charge in [0.2, 0.25) is 5.91 Å². The van der Waals surface area contributed by atoms with Crippen LogP contribution >= 0.6 is 11.6 Å². The molecule has 0 spiro atoms. The van der Waals surface area contributed by atoms with E-state index in [-0.39, 0.29) is 11.9 Å². The van der Waals surface area contributed by atoms with Crippen molar-refractivity contribution in [3.63, 3.8) is 0 Å². The second kappa shape index (κ2) is 5.03. The number of nitrogens with one attached hydrogen (secondary N) is 2. The maximum atomic E-state index is 11.3. The summed E-state index contributed by atoms with van der Waals surface area (Å²) in [6.45, 7) is 3.72. The van der Waals surface area contributed by atoms with Crippen LogP contribution in [0.3, 0.4) is 0 Å². The fourth-order valence-electron chi connectivity index (χ4n) is 1.28. The lowest BCUT2D eigenvalue weighted by atomic mass is 10.2. The third-order valence-corrected chi connectivity index (χ3v) is 2.69. The highest BCUT2D eigenvalue weighted by Crippen LogP contribution is 2.23. The summed E-state index contributed by atoms with van der Waals surface area (Å²) in [4.78, 5) is 11.3. The number of carbonyl (C=O) groups is 1. The Bertz CT molecular complexity index is 366. The minimum atomic E-state index is -0.271. The molecule has 3 nitrogen and oxygen atoms in total. The number of rotatable bonds is 3. The molecule has 1 aromatic carbocycles. The van der Waals surface area contributed by atoms with Crippen molar-refractivity contribution in [1.29, 1.82) is 0 Å². The Morgan fingerprint density at radius 3 is 2.73 bits per heavy atom. The predicted octanol–water partition coefficient (Wildman–Crippen LogP) is 2.19. The van der Waals surface area contributed by atoms with Crippen LogP contribution in [-0.2, 0) is 4.79 Å². The van der Waals surface area contributed by atoms with Crippen molar-refractivity contribution in [2.45, 2.75) is 19.9 Å². The molecule has 0 radical (unpaired) electrons. The van der Waals surface area contributed by atoms with Crippen molar-refractivity contribution < 1.29 is 4.79 Å². The molecule has 0 unspecified atom stereocenters. The first-order valence-corrected chi connectivity index (χ1v) is 5.17. The van der Waals surface area contributed by atoms with Crippen molar-refractivity contribution in [3.8, 4) is 0 Å². The van der Waals surface area contributed by atoms with Crippen LogP contribution in [0.5, 0.6) is 0 Å². The van der Waals surface area contributed by atoms with Crippen LogP contribution in [0, 0.1) is 6.92 Å². The van der Waals surface area contributed by atoms with Crippen molar-refractivity contribution in [1.82, 2.24) is 5.32 Å². The van der Waals surface area contributed by atoms with Gasteiger partial charge in [-0.3, -0.25) is 4.79 Å². The zero-order valence-corrected chi connectivity index (χ0v) is 9.85. The summed E-state index contributed by atoms with van der Waals surface area (Å²) < 4.78 is 0. The zero-order valence-electron chi connectivity index (χ0n) is 9.10. The van der Waals surface area contributed by atoms with E-state index in [2.05, 4.69) is 10.6 Å². The van der Waals surface area contributed by atoms with Gasteiger partial charge in [0.05, 0.1) is 0 Å². The second-order valence-corrected chi connectivity index (χ2v) is 3.80. The minimum Gasteiger partial charge on any atom is -0.374 e. The number of carbonyl (C=O) groups excluding carboxylic acids is 1.